The molecule has 134 valence electrons. The third-order valence-electron chi connectivity index (χ3n) is 3.85. The Bertz CT molecular complexity index is 718. The lowest BCUT2D eigenvalue weighted by molar-refractivity contribution is 0.248. The minimum Gasteiger partial charge on any atom is -0.497 e. The first-order chi connectivity index (χ1) is 12.1. The second kappa shape index (κ2) is 8.82. The molecule has 0 saturated carbocycles. The number of anilines is 1. The Kier molecular flexibility index (Phi) is 6.51. The molecule has 0 radical (unpaired) electrons. The third kappa shape index (κ3) is 4.79. The molecule has 6 heteroatoms. The molecule has 0 aliphatic carbocycles. The monoisotopic (exact) mass is 344 g/mol. The van der Waals surface area contributed by atoms with E-state index in [1.807, 2.05) is 37.3 Å². The van der Waals surface area contributed by atoms with E-state index in [-0.39, 0.29) is 12.1 Å². The van der Waals surface area contributed by atoms with Gasteiger partial charge in [0.1, 0.15) is 5.75 Å². The molecule has 0 aliphatic heterocycles. The second-order valence-electron chi connectivity index (χ2n) is 5.41. The van der Waals surface area contributed by atoms with Crippen LogP contribution in [-0.2, 0) is 0 Å². The van der Waals surface area contributed by atoms with Gasteiger partial charge < -0.3 is 24.8 Å². The van der Waals surface area contributed by atoms with Crippen molar-refractivity contribution in [1.82, 2.24) is 5.32 Å². The minimum atomic E-state index is -0.283. The Morgan fingerprint density at radius 2 is 1.76 bits per heavy atom. The van der Waals surface area contributed by atoms with Crippen LogP contribution in [0.5, 0.6) is 17.2 Å². The predicted octanol–water partition coefficient (Wildman–Crippen LogP) is 3.99. The van der Waals surface area contributed by atoms with Gasteiger partial charge in [0.2, 0.25) is 0 Å². The first kappa shape index (κ1) is 18.4. The van der Waals surface area contributed by atoms with Crippen molar-refractivity contribution in [3.63, 3.8) is 0 Å². The SMILES string of the molecule is CC[C@@H](NC(=O)Nc1cccc(OC)c1)c1ccc(OC)c(OC)c1. The number of hydrogen-bond acceptors (Lipinski definition) is 4. The van der Waals surface area contributed by atoms with E-state index in [9.17, 15) is 4.79 Å². The Morgan fingerprint density at radius 3 is 2.40 bits per heavy atom. The van der Waals surface area contributed by atoms with E-state index in [1.54, 1.807) is 33.5 Å². The molecule has 0 aliphatic rings. The van der Waals surface area contributed by atoms with Gasteiger partial charge in [-0.3, -0.25) is 0 Å². The highest BCUT2D eigenvalue weighted by atomic mass is 16.5. The van der Waals surface area contributed by atoms with Gasteiger partial charge in [0.15, 0.2) is 11.5 Å². The van der Waals surface area contributed by atoms with Gasteiger partial charge in [-0.25, -0.2) is 4.79 Å². The number of ether oxygens (including phenoxy) is 3. The number of urea groups is 1. The highest BCUT2D eigenvalue weighted by Gasteiger charge is 2.15. The number of hydrogen-bond donors (Lipinski definition) is 2. The topological polar surface area (TPSA) is 68.8 Å². The zero-order valence-electron chi connectivity index (χ0n) is 15.0. The Hall–Kier alpha value is -2.89. The van der Waals surface area contributed by atoms with E-state index in [0.29, 0.717) is 22.9 Å². The second-order valence-corrected chi connectivity index (χ2v) is 5.41. The Balaban J connectivity index is 2.09. The van der Waals surface area contributed by atoms with Crippen LogP contribution in [0.25, 0.3) is 0 Å². The van der Waals surface area contributed by atoms with Gasteiger partial charge in [-0.05, 0) is 36.2 Å². The average Bonchev–Trinajstić information content (AvgIpc) is 2.65. The number of benzene rings is 2. The lowest BCUT2D eigenvalue weighted by atomic mass is 10.0. The fraction of sp³-hybridized carbons (Fsp3) is 0.316. The molecule has 2 amide bonds. The molecule has 0 saturated heterocycles. The van der Waals surface area contributed by atoms with Crippen LogP contribution in [0.1, 0.15) is 24.9 Å². The summed E-state index contributed by atoms with van der Waals surface area (Å²) in [5, 5.41) is 5.79. The highest BCUT2D eigenvalue weighted by molar-refractivity contribution is 5.89. The molecule has 0 spiro atoms. The minimum absolute atomic E-state index is 0.148. The molecular weight excluding hydrogens is 320 g/mol. The molecule has 1 atom stereocenters. The van der Waals surface area contributed by atoms with Crippen LogP contribution >= 0.6 is 0 Å². The standard InChI is InChI=1S/C19H24N2O4/c1-5-16(13-9-10-17(24-3)18(11-13)25-4)21-19(22)20-14-7-6-8-15(12-14)23-2/h6-12,16H,5H2,1-4H3,(H2,20,21,22)/t16-/m1/s1. The molecule has 2 rings (SSSR count). The van der Waals surface area contributed by atoms with Crippen LogP contribution in [-0.4, -0.2) is 27.4 Å². The molecule has 2 aromatic rings. The number of amides is 2. The van der Waals surface area contributed by atoms with E-state index in [0.717, 1.165) is 12.0 Å². The molecule has 2 aromatic carbocycles. The molecule has 0 heterocycles. The summed E-state index contributed by atoms with van der Waals surface area (Å²) < 4.78 is 15.7. The molecular formula is C19H24N2O4. The van der Waals surface area contributed by atoms with Gasteiger partial charge in [0, 0.05) is 11.8 Å². The summed E-state index contributed by atoms with van der Waals surface area (Å²) in [4.78, 5) is 12.3. The fourth-order valence-corrected chi connectivity index (χ4v) is 2.52. The summed E-state index contributed by atoms with van der Waals surface area (Å²) in [5.41, 5.74) is 1.61. The van der Waals surface area contributed by atoms with Crippen molar-refractivity contribution in [3.05, 3.63) is 48.0 Å². The quantitative estimate of drug-likeness (QED) is 0.797. The van der Waals surface area contributed by atoms with Gasteiger partial charge in [-0.2, -0.15) is 0 Å². The van der Waals surface area contributed by atoms with E-state index in [1.165, 1.54) is 0 Å². The summed E-state index contributed by atoms with van der Waals surface area (Å²) in [6, 6.07) is 12.4. The number of methoxy groups -OCH3 is 3. The number of carbonyl (C=O) groups excluding carboxylic acids is 1. The van der Waals surface area contributed by atoms with Crippen LogP contribution in [0.2, 0.25) is 0 Å². The van der Waals surface area contributed by atoms with Crippen molar-refractivity contribution in [2.24, 2.45) is 0 Å². The van der Waals surface area contributed by atoms with Crippen LogP contribution in [0.3, 0.4) is 0 Å². The zero-order valence-corrected chi connectivity index (χ0v) is 15.0. The molecule has 6 nitrogen and oxygen atoms in total. The van der Waals surface area contributed by atoms with E-state index < -0.39 is 0 Å². The van der Waals surface area contributed by atoms with Crippen LogP contribution in [0, 0.1) is 0 Å². The number of rotatable bonds is 7. The van der Waals surface area contributed by atoms with Crippen LogP contribution in [0.15, 0.2) is 42.5 Å². The maximum atomic E-state index is 12.3. The van der Waals surface area contributed by atoms with Crippen LogP contribution in [0.4, 0.5) is 10.5 Å². The maximum absolute atomic E-state index is 12.3. The lowest BCUT2D eigenvalue weighted by Crippen LogP contribution is -2.32. The predicted molar refractivity (Wildman–Crippen MR) is 97.7 cm³/mol. The largest absolute Gasteiger partial charge is 0.497 e. The molecule has 0 bridgehead atoms. The Morgan fingerprint density at radius 1 is 1.00 bits per heavy atom. The highest BCUT2D eigenvalue weighted by Crippen LogP contribution is 2.30. The third-order valence-corrected chi connectivity index (χ3v) is 3.85. The Labute approximate surface area is 148 Å². The maximum Gasteiger partial charge on any atom is 0.319 e. The van der Waals surface area contributed by atoms with Crippen LogP contribution < -0.4 is 24.8 Å². The summed E-state index contributed by atoms with van der Waals surface area (Å²) >= 11 is 0. The van der Waals surface area contributed by atoms with Crippen molar-refractivity contribution < 1.29 is 19.0 Å². The number of carbonyl (C=O) groups is 1. The summed E-state index contributed by atoms with van der Waals surface area (Å²) in [6.45, 7) is 2.01. The summed E-state index contributed by atoms with van der Waals surface area (Å²) in [5.74, 6) is 1.97. The van der Waals surface area contributed by atoms with E-state index in [2.05, 4.69) is 10.6 Å². The lowest BCUT2D eigenvalue weighted by Gasteiger charge is -2.19. The van der Waals surface area contributed by atoms with Crippen molar-refractivity contribution in [3.8, 4) is 17.2 Å². The molecule has 0 fully saturated rings. The van der Waals surface area contributed by atoms with Crippen molar-refractivity contribution >= 4 is 11.7 Å². The van der Waals surface area contributed by atoms with E-state index >= 15 is 0 Å². The van der Waals surface area contributed by atoms with Gasteiger partial charge in [0.05, 0.1) is 27.4 Å². The molecule has 0 aromatic heterocycles. The first-order valence-corrected chi connectivity index (χ1v) is 8.04. The van der Waals surface area contributed by atoms with E-state index in [4.69, 9.17) is 14.2 Å². The van der Waals surface area contributed by atoms with Crippen molar-refractivity contribution in [2.75, 3.05) is 26.6 Å². The fourth-order valence-electron chi connectivity index (χ4n) is 2.52. The molecule has 25 heavy (non-hydrogen) atoms. The van der Waals surface area contributed by atoms with Crippen molar-refractivity contribution in [2.45, 2.75) is 19.4 Å². The average molecular weight is 344 g/mol. The zero-order chi connectivity index (χ0) is 18.2. The normalized spacial score (nSPS) is 11.4. The summed E-state index contributed by atoms with van der Waals surface area (Å²) in [7, 11) is 4.77. The smallest absolute Gasteiger partial charge is 0.319 e. The van der Waals surface area contributed by atoms with Gasteiger partial charge in [-0.15, -0.1) is 0 Å². The summed E-state index contributed by atoms with van der Waals surface area (Å²) in [6.07, 6.45) is 0.737. The first-order valence-electron chi connectivity index (χ1n) is 8.04. The number of nitrogens with one attached hydrogen (secondary N) is 2. The van der Waals surface area contributed by atoms with Crippen molar-refractivity contribution in [1.29, 1.82) is 0 Å². The molecule has 0 unspecified atom stereocenters. The van der Waals surface area contributed by atoms with Gasteiger partial charge in [-0.1, -0.05) is 19.1 Å². The molecule has 2 N–H and O–H groups in total. The van der Waals surface area contributed by atoms with Gasteiger partial charge >= 0.3 is 6.03 Å². The van der Waals surface area contributed by atoms with Gasteiger partial charge in [0.25, 0.3) is 0 Å².